The van der Waals surface area contributed by atoms with Crippen molar-refractivity contribution in [2.24, 2.45) is 5.41 Å². The third-order valence-corrected chi connectivity index (χ3v) is 5.94. The Morgan fingerprint density at radius 3 is 2.34 bits per heavy atom. The van der Waals surface area contributed by atoms with Crippen molar-refractivity contribution in [2.75, 3.05) is 45.9 Å². The standard InChI is InChI=1S/C17H19F3N6O3/c18-17(19,20)12-2-1-11(22-23-12)3-24-4-15(5-24)6-25(7-15)14(28)26-8-16(9-26)10-29-13(27)21-16/h1-2H,3-10H2,(H,21,27). The second kappa shape index (κ2) is 5.94. The van der Waals surface area contributed by atoms with Crippen molar-refractivity contribution in [3.8, 4) is 0 Å². The van der Waals surface area contributed by atoms with Gasteiger partial charge in [0.1, 0.15) is 12.1 Å². The Bertz CT molecular complexity index is 841. The quantitative estimate of drug-likeness (QED) is 0.762. The van der Waals surface area contributed by atoms with Gasteiger partial charge in [0.05, 0.1) is 18.8 Å². The molecule has 0 unspecified atom stereocenters. The SMILES string of the molecule is O=C1NC2(CO1)CN(C(=O)N1CC3(CN(Cc4ccc(C(F)(F)F)nn4)C3)C1)C2. The molecule has 2 spiro atoms. The Labute approximate surface area is 163 Å². The molecule has 0 saturated carbocycles. The van der Waals surface area contributed by atoms with Crippen LogP contribution in [0.3, 0.4) is 0 Å². The predicted molar refractivity (Wildman–Crippen MR) is 90.5 cm³/mol. The fourth-order valence-corrected chi connectivity index (χ4v) is 4.62. The number of cyclic esters (lactones) is 1. The number of nitrogens with zero attached hydrogens (tertiary/aromatic N) is 5. The number of aromatic nitrogens is 2. The van der Waals surface area contributed by atoms with Gasteiger partial charge in [-0.3, -0.25) is 4.90 Å². The van der Waals surface area contributed by atoms with E-state index in [1.54, 1.807) is 9.80 Å². The van der Waals surface area contributed by atoms with Crippen LogP contribution in [0, 0.1) is 5.41 Å². The lowest BCUT2D eigenvalue weighted by Gasteiger charge is -2.61. The molecule has 0 aliphatic carbocycles. The predicted octanol–water partition coefficient (Wildman–Crippen LogP) is 0.527. The highest BCUT2D eigenvalue weighted by Crippen LogP contribution is 2.41. The number of alkyl carbamates (subject to hydrolysis) is 1. The molecule has 1 aromatic heterocycles. The van der Waals surface area contributed by atoms with Gasteiger partial charge in [0.25, 0.3) is 0 Å². The van der Waals surface area contributed by atoms with E-state index in [0.29, 0.717) is 45.0 Å². The molecule has 1 N–H and O–H groups in total. The van der Waals surface area contributed by atoms with Crippen LogP contribution in [0.15, 0.2) is 12.1 Å². The molecule has 1 aromatic rings. The van der Waals surface area contributed by atoms with E-state index in [2.05, 4.69) is 20.4 Å². The lowest BCUT2D eigenvalue weighted by atomic mass is 9.73. The van der Waals surface area contributed by atoms with Gasteiger partial charge in [-0.25, -0.2) is 9.59 Å². The summed E-state index contributed by atoms with van der Waals surface area (Å²) in [4.78, 5) is 29.3. The largest absolute Gasteiger partial charge is 0.447 e. The van der Waals surface area contributed by atoms with E-state index in [1.807, 2.05) is 0 Å². The maximum atomic E-state index is 12.5. The van der Waals surface area contributed by atoms with Crippen LogP contribution in [-0.2, 0) is 17.5 Å². The summed E-state index contributed by atoms with van der Waals surface area (Å²) < 4.78 is 42.5. The highest BCUT2D eigenvalue weighted by Gasteiger charge is 2.57. The second-order valence-corrected chi connectivity index (χ2v) is 8.53. The topological polar surface area (TPSA) is 90.9 Å². The number of carbonyl (C=O) groups excluding carboxylic acids is 2. The van der Waals surface area contributed by atoms with Crippen LogP contribution in [0.4, 0.5) is 22.8 Å². The molecule has 0 bridgehead atoms. The highest BCUT2D eigenvalue weighted by atomic mass is 19.4. The van der Waals surface area contributed by atoms with E-state index in [0.717, 1.165) is 19.2 Å². The Morgan fingerprint density at radius 2 is 1.79 bits per heavy atom. The lowest BCUT2D eigenvalue weighted by molar-refractivity contribution is -0.141. The number of ether oxygens (including phenoxy) is 1. The third kappa shape index (κ3) is 3.15. The summed E-state index contributed by atoms with van der Waals surface area (Å²) in [5, 5.41) is 9.65. The number of hydrogen-bond acceptors (Lipinski definition) is 6. The number of amides is 3. The first-order valence-corrected chi connectivity index (χ1v) is 9.27. The van der Waals surface area contributed by atoms with Crippen molar-refractivity contribution < 1.29 is 27.5 Å². The van der Waals surface area contributed by atoms with E-state index in [-0.39, 0.29) is 11.4 Å². The highest BCUT2D eigenvalue weighted by molar-refractivity contribution is 5.79. The van der Waals surface area contributed by atoms with Gasteiger partial charge in [-0.05, 0) is 12.1 Å². The van der Waals surface area contributed by atoms with Crippen LogP contribution in [-0.4, -0.2) is 88.4 Å². The summed E-state index contributed by atoms with van der Waals surface area (Å²) in [6.45, 7) is 4.51. The average molecular weight is 412 g/mol. The molecule has 4 saturated heterocycles. The van der Waals surface area contributed by atoms with Crippen molar-refractivity contribution in [1.29, 1.82) is 0 Å². The molecule has 4 fully saturated rings. The van der Waals surface area contributed by atoms with Crippen LogP contribution >= 0.6 is 0 Å². The molecule has 0 radical (unpaired) electrons. The molecule has 3 amide bonds. The lowest BCUT2D eigenvalue weighted by Crippen LogP contribution is -2.77. The first-order valence-electron chi connectivity index (χ1n) is 9.27. The number of likely N-dealkylation sites (tertiary alicyclic amines) is 3. The summed E-state index contributed by atoms with van der Waals surface area (Å²) in [5.41, 5.74) is -0.870. The van der Waals surface area contributed by atoms with Crippen LogP contribution in [0.5, 0.6) is 0 Å². The molecule has 5 rings (SSSR count). The molecule has 0 atom stereocenters. The van der Waals surface area contributed by atoms with Crippen molar-refractivity contribution in [3.63, 3.8) is 0 Å². The maximum absolute atomic E-state index is 12.5. The number of halogens is 3. The molecule has 29 heavy (non-hydrogen) atoms. The van der Waals surface area contributed by atoms with Crippen molar-refractivity contribution >= 4 is 12.1 Å². The minimum absolute atomic E-state index is 0.0329. The van der Waals surface area contributed by atoms with Gasteiger partial charge in [-0.1, -0.05) is 0 Å². The third-order valence-electron chi connectivity index (χ3n) is 5.94. The van der Waals surface area contributed by atoms with Gasteiger partial charge in [0, 0.05) is 38.1 Å². The monoisotopic (exact) mass is 412 g/mol. The van der Waals surface area contributed by atoms with Crippen LogP contribution in [0.2, 0.25) is 0 Å². The van der Waals surface area contributed by atoms with E-state index in [4.69, 9.17) is 4.74 Å². The summed E-state index contributed by atoms with van der Waals surface area (Å²) >= 11 is 0. The Hall–Kier alpha value is -2.63. The first-order chi connectivity index (χ1) is 13.7. The number of carbonyl (C=O) groups is 2. The zero-order valence-corrected chi connectivity index (χ0v) is 15.4. The first kappa shape index (κ1) is 18.4. The summed E-state index contributed by atoms with van der Waals surface area (Å²) in [5.74, 6) is 0. The molecular weight excluding hydrogens is 393 g/mol. The Balaban J connectivity index is 1.06. The van der Waals surface area contributed by atoms with Crippen molar-refractivity contribution in [2.45, 2.75) is 18.3 Å². The molecule has 12 heteroatoms. The number of alkyl halides is 3. The Kier molecular flexibility index (Phi) is 3.77. The minimum atomic E-state index is -4.49. The van der Waals surface area contributed by atoms with Gasteiger partial charge in [-0.15, -0.1) is 5.10 Å². The maximum Gasteiger partial charge on any atom is 0.435 e. The molecule has 4 aliphatic heterocycles. The number of hydrogen-bond donors (Lipinski definition) is 1. The van der Waals surface area contributed by atoms with Crippen LogP contribution in [0.25, 0.3) is 0 Å². The van der Waals surface area contributed by atoms with E-state index < -0.39 is 23.5 Å². The minimum Gasteiger partial charge on any atom is -0.447 e. The number of urea groups is 1. The van der Waals surface area contributed by atoms with Gasteiger partial charge in [0.2, 0.25) is 0 Å². The number of nitrogens with one attached hydrogen (secondary N) is 1. The molecule has 5 heterocycles. The normalized spacial score (nSPS) is 24.6. The molecule has 4 aliphatic rings. The van der Waals surface area contributed by atoms with Crippen molar-refractivity contribution in [1.82, 2.24) is 30.2 Å². The zero-order chi connectivity index (χ0) is 20.4. The van der Waals surface area contributed by atoms with Crippen molar-refractivity contribution in [3.05, 3.63) is 23.5 Å². The van der Waals surface area contributed by atoms with E-state index >= 15 is 0 Å². The fraction of sp³-hybridized carbons (Fsp3) is 0.647. The van der Waals surface area contributed by atoms with E-state index in [1.165, 1.54) is 6.07 Å². The average Bonchev–Trinajstić information content (AvgIpc) is 2.96. The number of rotatable bonds is 2. The molecular formula is C17H19F3N6O3. The summed E-state index contributed by atoms with van der Waals surface area (Å²) in [6, 6.07) is 2.26. The second-order valence-electron chi connectivity index (χ2n) is 8.53. The zero-order valence-electron chi connectivity index (χ0n) is 15.4. The smallest absolute Gasteiger partial charge is 0.435 e. The molecule has 9 nitrogen and oxygen atoms in total. The van der Waals surface area contributed by atoms with Crippen LogP contribution < -0.4 is 5.32 Å². The summed E-state index contributed by atoms with van der Waals surface area (Å²) in [6.07, 6.45) is -4.92. The van der Waals surface area contributed by atoms with Gasteiger partial charge in [-0.2, -0.15) is 18.3 Å². The van der Waals surface area contributed by atoms with Gasteiger partial charge in [0.15, 0.2) is 5.69 Å². The van der Waals surface area contributed by atoms with Gasteiger partial charge >= 0.3 is 18.3 Å². The molecule has 0 aromatic carbocycles. The van der Waals surface area contributed by atoms with Gasteiger partial charge < -0.3 is 19.9 Å². The molecule has 156 valence electrons. The Morgan fingerprint density at radius 1 is 1.10 bits per heavy atom. The van der Waals surface area contributed by atoms with Crippen LogP contribution in [0.1, 0.15) is 11.4 Å². The summed E-state index contributed by atoms with van der Waals surface area (Å²) in [7, 11) is 0. The van der Waals surface area contributed by atoms with E-state index in [9.17, 15) is 22.8 Å². The fourth-order valence-electron chi connectivity index (χ4n) is 4.62.